The fourth-order valence-electron chi connectivity index (χ4n) is 9.42. The second kappa shape index (κ2) is 12.6. The number of benzene rings is 4. The summed E-state index contributed by atoms with van der Waals surface area (Å²) in [5.41, 5.74) is 1.95. The van der Waals surface area contributed by atoms with Crippen molar-refractivity contribution in [2.75, 3.05) is 4.90 Å². The van der Waals surface area contributed by atoms with Gasteiger partial charge in [0.15, 0.2) is 11.6 Å². The number of phenolic OH excluding ortho intramolecular Hbond substituents is 1. The standard InChI is InChI=1S/C44H35NO7/c1-2-11-26-14-10-19-32(39(26)47)38-30-20-21-31-37(42(50)45(41(31)49)29-18-9-15-27(22-29)43(51)52)34(30)23-35-40(48)33(25-12-5-3-6-13-25)24-36(46)44(35,38)28-16-7-4-8-17-28/h2-10,12-20,22,24,31,34-35,37-38,47H,1,11,21,23H2,(H,51,52). The number of aromatic hydroxyl groups is 1. The molecule has 1 heterocycles. The summed E-state index contributed by atoms with van der Waals surface area (Å²) in [4.78, 5) is 71.9. The second-order valence-corrected chi connectivity index (χ2v) is 14.0. The Kier molecular flexibility index (Phi) is 7.98. The highest BCUT2D eigenvalue weighted by Crippen LogP contribution is 2.64. The molecule has 2 N–H and O–H groups in total. The number of imide groups is 1. The number of phenols is 1. The van der Waals surface area contributed by atoms with Crippen molar-refractivity contribution < 1.29 is 34.2 Å². The van der Waals surface area contributed by atoms with Crippen LogP contribution in [0.3, 0.4) is 0 Å². The Bertz CT molecular complexity index is 2250. The molecule has 0 spiro atoms. The van der Waals surface area contributed by atoms with E-state index < -0.39 is 52.8 Å². The van der Waals surface area contributed by atoms with Gasteiger partial charge in [-0.1, -0.05) is 103 Å². The summed E-state index contributed by atoms with van der Waals surface area (Å²) < 4.78 is 0. The van der Waals surface area contributed by atoms with E-state index in [-0.39, 0.29) is 47.0 Å². The number of amides is 2. The van der Waals surface area contributed by atoms with Gasteiger partial charge in [-0.05, 0) is 66.1 Å². The van der Waals surface area contributed by atoms with Gasteiger partial charge >= 0.3 is 5.97 Å². The van der Waals surface area contributed by atoms with Crippen LogP contribution in [0.2, 0.25) is 0 Å². The van der Waals surface area contributed by atoms with E-state index in [2.05, 4.69) is 6.58 Å². The highest BCUT2D eigenvalue weighted by molar-refractivity contribution is 6.32. The third kappa shape index (κ3) is 4.78. The van der Waals surface area contributed by atoms with Crippen molar-refractivity contribution >= 4 is 40.6 Å². The number of carbonyl (C=O) groups is 5. The summed E-state index contributed by atoms with van der Waals surface area (Å²) >= 11 is 0. The number of anilines is 1. The molecule has 0 aromatic heterocycles. The first-order valence-electron chi connectivity index (χ1n) is 17.4. The monoisotopic (exact) mass is 689 g/mol. The number of rotatable bonds is 7. The number of para-hydroxylation sites is 1. The number of ketones is 2. The van der Waals surface area contributed by atoms with E-state index in [4.69, 9.17) is 0 Å². The number of hydrogen-bond acceptors (Lipinski definition) is 6. The van der Waals surface area contributed by atoms with Gasteiger partial charge in [0, 0.05) is 23.0 Å². The number of nitrogens with zero attached hydrogens (tertiary/aromatic N) is 1. The Morgan fingerprint density at radius 2 is 1.58 bits per heavy atom. The molecule has 258 valence electrons. The van der Waals surface area contributed by atoms with Crippen molar-refractivity contribution in [1.29, 1.82) is 0 Å². The van der Waals surface area contributed by atoms with Crippen LogP contribution in [-0.2, 0) is 31.0 Å². The molecule has 0 bridgehead atoms. The Morgan fingerprint density at radius 1 is 0.865 bits per heavy atom. The van der Waals surface area contributed by atoms with E-state index in [1.807, 2.05) is 60.7 Å². The lowest BCUT2D eigenvalue weighted by atomic mass is 9.44. The molecular weight excluding hydrogens is 654 g/mol. The molecule has 0 radical (unpaired) electrons. The van der Waals surface area contributed by atoms with Crippen molar-refractivity contribution in [1.82, 2.24) is 0 Å². The number of allylic oxidation sites excluding steroid dienone is 5. The predicted molar refractivity (Wildman–Crippen MR) is 194 cm³/mol. The molecule has 4 aromatic carbocycles. The molecule has 6 atom stereocenters. The maximum absolute atomic E-state index is 15.2. The SMILES string of the molecule is C=CCc1cccc(C2C3=CCC4C(=O)N(c5cccc(C(=O)O)c5)C(=O)C4C3CC3C(=O)C(c4ccccc4)=CC(=O)C32c2ccccc2)c1O. The second-order valence-electron chi connectivity index (χ2n) is 14.0. The van der Waals surface area contributed by atoms with Gasteiger partial charge < -0.3 is 10.2 Å². The molecule has 6 unspecified atom stereocenters. The summed E-state index contributed by atoms with van der Waals surface area (Å²) in [5.74, 6) is -6.70. The van der Waals surface area contributed by atoms with Gasteiger partial charge in [-0.2, -0.15) is 0 Å². The highest BCUT2D eigenvalue weighted by atomic mass is 16.4. The first kappa shape index (κ1) is 33.0. The summed E-state index contributed by atoms with van der Waals surface area (Å²) in [7, 11) is 0. The summed E-state index contributed by atoms with van der Waals surface area (Å²) in [6.07, 6.45) is 5.75. The zero-order valence-corrected chi connectivity index (χ0v) is 28.1. The fraction of sp³-hybridized carbons (Fsp3) is 0.205. The molecule has 3 aliphatic carbocycles. The van der Waals surface area contributed by atoms with Gasteiger partial charge in [0.25, 0.3) is 0 Å². The molecule has 2 amide bonds. The molecule has 52 heavy (non-hydrogen) atoms. The molecule has 8 rings (SSSR count). The summed E-state index contributed by atoms with van der Waals surface area (Å²) in [6, 6.07) is 29.4. The quantitative estimate of drug-likeness (QED) is 0.161. The lowest BCUT2D eigenvalue weighted by molar-refractivity contribution is -0.135. The average Bonchev–Trinajstić information content (AvgIpc) is 3.42. The average molecular weight is 690 g/mol. The van der Waals surface area contributed by atoms with Crippen LogP contribution in [0.15, 0.2) is 134 Å². The molecule has 1 saturated carbocycles. The largest absolute Gasteiger partial charge is 0.507 e. The Balaban J connectivity index is 1.36. The van der Waals surface area contributed by atoms with Crippen LogP contribution in [0.4, 0.5) is 5.69 Å². The van der Waals surface area contributed by atoms with Crippen molar-refractivity contribution in [2.24, 2.45) is 23.7 Å². The predicted octanol–water partition coefficient (Wildman–Crippen LogP) is 6.85. The van der Waals surface area contributed by atoms with Crippen molar-refractivity contribution in [3.8, 4) is 5.75 Å². The maximum Gasteiger partial charge on any atom is 0.335 e. The zero-order chi connectivity index (χ0) is 36.3. The van der Waals surface area contributed by atoms with Crippen LogP contribution in [0.1, 0.15) is 51.4 Å². The minimum absolute atomic E-state index is 0.0100. The van der Waals surface area contributed by atoms with E-state index in [1.54, 1.807) is 36.4 Å². The Morgan fingerprint density at radius 3 is 2.29 bits per heavy atom. The van der Waals surface area contributed by atoms with Crippen LogP contribution in [0.5, 0.6) is 5.75 Å². The van der Waals surface area contributed by atoms with Crippen LogP contribution in [-0.4, -0.2) is 39.6 Å². The fourth-order valence-corrected chi connectivity index (χ4v) is 9.42. The van der Waals surface area contributed by atoms with Crippen LogP contribution >= 0.6 is 0 Å². The molecule has 4 aromatic rings. The van der Waals surface area contributed by atoms with Crippen molar-refractivity contribution in [3.63, 3.8) is 0 Å². The Hall–Kier alpha value is -6.15. The van der Waals surface area contributed by atoms with Gasteiger partial charge in [0.2, 0.25) is 11.8 Å². The van der Waals surface area contributed by atoms with Crippen LogP contribution < -0.4 is 4.90 Å². The lowest BCUT2D eigenvalue weighted by Gasteiger charge is -2.55. The minimum atomic E-state index is -1.47. The highest BCUT2D eigenvalue weighted by Gasteiger charge is 2.66. The van der Waals surface area contributed by atoms with Crippen molar-refractivity contribution in [3.05, 3.63) is 161 Å². The van der Waals surface area contributed by atoms with Crippen LogP contribution in [0.25, 0.3) is 5.57 Å². The smallest absolute Gasteiger partial charge is 0.335 e. The summed E-state index contributed by atoms with van der Waals surface area (Å²) in [6.45, 7) is 3.85. The Labute approximate surface area is 300 Å². The van der Waals surface area contributed by atoms with E-state index in [1.165, 1.54) is 24.3 Å². The molecule has 8 heteroatoms. The molecular formula is C44H35NO7. The maximum atomic E-state index is 15.2. The topological polar surface area (TPSA) is 129 Å². The molecule has 8 nitrogen and oxygen atoms in total. The first-order chi connectivity index (χ1) is 25.2. The third-order valence-electron chi connectivity index (χ3n) is 11.6. The summed E-state index contributed by atoms with van der Waals surface area (Å²) in [5, 5.41) is 21.6. The number of Topliss-reactive ketones (excluding diaryl/α,β-unsaturated/α-hetero) is 1. The lowest BCUT2D eigenvalue weighted by Crippen LogP contribution is -2.58. The molecule has 4 aliphatic rings. The number of carboxylic acid groups (broad SMARTS) is 1. The van der Waals surface area contributed by atoms with E-state index in [9.17, 15) is 24.6 Å². The number of fused-ring (bicyclic) bond motifs is 4. The van der Waals surface area contributed by atoms with Gasteiger partial charge in [0.05, 0.1) is 28.5 Å². The van der Waals surface area contributed by atoms with E-state index in [0.29, 0.717) is 28.7 Å². The molecule has 2 fully saturated rings. The van der Waals surface area contributed by atoms with E-state index in [0.717, 1.165) is 10.5 Å². The number of aromatic carboxylic acids is 1. The zero-order valence-electron chi connectivity index (χ0n) is 28.1. The molecule has 1 saturated heterocycles. The third-order valence-corrected chi connectivity index (χ3v) is 11.6. The van der Waals surface area contributed by atoms with Crippen molar-refractivity contribution in [2.45, 2.75) is 30.6 Å². The first-order valence-corrected chi connectivity index (χ1v) is 17.4. The van der Waals surface area contributed by atoms with Gasteiger partial charge in [-0.25, -0.2) is 4.79 Å². The van der Waals surface area contributed by atoms with Gasteiger partial charge in [0.1, 0.15) is 5.75 Å². The minimum Gasteiger partial charge on any atom is -0.507 e. The number of hydrogen-bond donors (Lipinski definition) is 2. The normalized spacial score (nSPS) is 26.5. The van der Waals surface area contributed by atoms with Gasteiger partial charge in [-0.15, -0.1) is 6.58 Å². The molecule has 1 aliphatic heterocycles. The van der Waals surface area contributed by atoms with Crippen LogP contribution in [0, 0.1) is 23.7 Å². The number of carboxylic acids is 1. The van der Waals surface area contributed by atoms with Gasteiger partial charge in [-0.3, -0.25) is 24.1 Å². The van der Waals surface area contributed by atoms with E-state index >= 15 is 9.59 Å². The number of carbonyl (C=O) groups excluding carboxylic acids is 4.